The summed E-state index contributed by atoms with van der Waals surface area (Å²) in [6.07, 6.45) is 3.53. The van der Waals surface area contributed by atoms with Crippen molar-refractivity contribution in [3.8, 4) is 11.1 Å². The molecular formula is C24H25N5O2. The Hall–Kier alpha value is -3.74. The Morgan fingerprint density at radius 1 is 1.03 bits per heavy atom. The third-order valence-corrected chi connectivity index (χ3v) is 5.54. The second-order valence-electron chi connectivity index (χ2n) is 7.83. The van der Waals surface area contributed by atoms with E-state index in [0.717, 1.165) is 29.7 Å². The number of nitrogens with zero attached hydrogens (tertiary/aromatic N) is 4. The first-order valence-corrected chi connectivity index (χ1v) is 10.3. The number of carbonyl (C=O) groups excluding carboxylic acids is 2. The molecule has 7 heteroatoms. The van der Waals surface area contributed by atoms with Gasteiger partial charge in [0.2, 0.25) is 11.9 Å². The van der Waals surface area contributed by atoms with E-state index in [-0.39, 0.29) is 11.9 Å². The third-order valence-electron chi connectivity index (χ3n) is 5.54. The summed E-state index contributed by atoms with van der Waals surface area (Å²) in [5.74, 6) is 0.121. The van der Waals surface area contributed by atoms with E-state index in [1.165, 1.54) is 0 Å². The molecule has 1 fully saturated rings. The Morgan fingerprint density at radius 3 is 2.39 bits per heavy atom. The average Bonchev–Trinajstić information content (AvgIpc) is 3.28. The molecule has 0 aliphatic carbocycles. The lowest BCUT2D eigenvalue weighted by molar-refractivity contribution is 0.0733. The third kappa shape index (κ3) is 4.12. The lowest BCUT2D eigenvalue weighted by Crippen LogP contribution is -2.31. The standard InChI is InChI=1S/C24H25N5O2/c1-28(2)24-26-15-19(16-10-12-17(13-11-16)22(25)30)21(27-24)20-9-6-14-29(20)23(31)18-7-4-3-5-8-18/h3-5,7-8,10-13,15,20H,6,9,14H2,1-2H3,(H2,25,30). The smallest absolute Gasteiger partial charge is 0.254 e. The molecule has 1 unspecified atom stereocenters. The number of carbonyl (C=O) groups is 2. The summed E-state index contributed by atoms with van der Waals surface area (Å²) in [6.45, 7) is 0.680. The fourth-order valence-corrected chi connectivity index (χ4v) is 3.93. The summed E-state index contributed by atoms with van der Waals surface area (Å²) in [5.41, 5.74) is 9.03. The number of rotatable bonds is 5. The number of hydrogen-bond donors (Lipinski definition) is 1. The minimum absolute atomic E-state index is 0.00291. The number of primary amides is 1. The van der Waals surface area contributed by atoms with E-state index < -0.39 is 5.91 Å². The largest absolute Gasteiger partial charge is 0.366 e. The fourth-order valence-electron chi connectivity index (χ4n) is 3.93. The zero-order valence-corrected chi connectivity index (χ0v) is 17.7. The van der Waals surface area contributed by atoms with Gasteiger partial charge in [0, 0.05) is 43.5 Å². The highest BCUT2D eigenvalue weighted by atomic mass is 16.2. The van der Waals surface area contributed by atoms with Crippen molar-refractivity contribution in [3.05, 3.63) is 77.6 Å². The number of hydrogen-bond acceptors (Lipinski definition) is 5. The number of nitrogens with two attached hydrogens (primary N) is 1. The van der Waals surface area contributed by atoms with E-state index in [1.807, 2.05) is 66.4 Å². The predicted molar refractivity (Wildman–Crippen MR) is 120 cm³/mol. The van der Waals surface area contributed by atoms with Gasteiger partial charge >= 0.3 is 0 Å². The van der Waals surface area contributed by atoms with Crippen LogP contribution in [0.2, 0.25) is 0 Å². The maximum absolute atomic E-state index is 13.2. The molecule has 2 aromatic carbocycles. The van der Waals surface area contributed by atoms with E-state index in [1.54, 1.807) is 18.3 Å². The van der Waals surface area contributed by atoms with Gasteiger partial charge in [-0.25, -0.2) is 9.97 Å². The van der Waals surface area contributed by atoms with Gasteiger partial charge in [-0.15, -0.1) is 0 Å². The van der Waals surface area contributed by atoms with Gasteiger partial charge in [0.25, 0.3) is 5.91 Å². The molecule has 0 radical (unpaired) electrons. The molecule has 1 atom stereocenters. The molecule has 3 aromatic rings. The molecule has 0 spiro atoms. The van der Waals surface area contributed by atoms with E-state index >= 15 is 0 Å². The van der Waals surface area contributed by atoms with Crippen LogP contribution in [0, 0.1) is 0 Å². The van der Waals surface area contributed by atoms with Gasteiger partial charge in [-0.1, -0.05) is 30.3 Å². The van der Waals surface area contributed by atoms with Crippen LogP contribution in [0.4, 0.5) is 5.95 Å². The van der Waals surface area contributed by atoms with E-state index in [0.29, 0.717) is 23.6 Å². The van der Waals surface area contributed by atoms with Crippen LogP contribution in [-0.4, -0.2) is 47.3 Å². The Balaban J connectivity index is 1.77. The summed E-state index contributed by atoms with van der Waals surface area (Å²) in [7, 11) is 3.78. The molecule has 0 saturated carbocycles. The van der Waals surface area contributed by atoms with Gasteiger partial charge in [-0.05, 0) is 42.7 Å². The predicted octanol–water partition coefficient (Wildman–Crippen LogP) is 3.29. The van der Waals surface area contributed by atoms with Crippen molar-refractivity contribution in [1.29, 1.82) is 0 Å². The zero-order chi connectivity index (χ0) is 22.0. The summed E-state index contributed by atoms with van der Waals surface area (Å²) in [6, 6.07) is 16.3. The number of amides is 2. The highest BCUT2D eigenvalue weighted by Crippen LogP contribution is 2.38. The first kappa shape index (κ1) is 20.5. The minimum Gasteiger partial charge on any atom is -0.366 e. The summed E-state index contributed by atoms with van der Waals surface area (Å²) in [4.78, 5) is 37.8. The van der Waals surface area contributed by atoms with Crippen LogP contribution < -0.4 is 10.6 Å². The number of benzene rings is 2. The van der Waals surface area contributed by atoms with Crippen molar-refractivity contribution < 1.29 is 9.59 Å². The molecule has 4 rings (SSSR count). The quantitative estimate of drug-likeness (QED) is 0.690. The number of likely N-dealkylation sites (tertiary alicyclic amines) is 1. The van der Waals surface area contributed by atoms with Crippen LogP contribution in [0.1, 0.15) is 45.3 Å². The van der Waals surface area contributed by atoms with Crippen LogP contribution in [0.3, 0.4) is 0 Å². The molecule has 2 N–H and O–H groups in total. The van der Waals surface area contributed by atoms with Gasteiger partial charge in [-0.2, -0.15) is 0 Å². The van der Waals surface area contributed by atoms with Crippen molar-refractivity contribution in [2.24, 2.45) is 5.73 Å². The lowest BCUT2D eigenvalue weighted by atomic mass is 9.98. The van der Waals surface area contributed by atoms with Crippen LogP contribution in [-0.2, 0) is 0 Å². The molecule has 2 amide bonds. The summed E-state index contributed by atoms with van der Waals surface area (Å²) < 4.78 is 0. The van der Waals surface area contributed by atoms with Gasteiger partial charge in [0.05, 0.1) is 11.7 Å². The maximum atomic E-state index is 13.2. The van der Waals surface area contributed by atoms with Crippen LogP contribution >= 0.6 is 0 Å². The SMILES string of the molecule is CN(C)c1ncc(-c2ccc(C(N)=O)cc2)c(C2CCCN2C(=O)c2ccccc2)n1. The van der Waals surface area contributed by atoms with Crippen molar-refractivity contribution >= 4 is 17.8 Å². The molecule has 2 heterocycles. The fraction of sp³-hybridized carbons (Fsp3) is 0.250. The van der Waals surface area contributed by atoms with Gasteiger partial charge in [-0.3, -0.25) is 9.59 Å². The van der Waals surface area contributed by atoms with E-state index in [2.05, 4.69) is 4.98 Å². The molecule has 0 bridgehead atoms. The maximum Gasteiger partial charge on any atom is 0.254 e. The topological polar surface area (TPSA) is 92.4 Å². The first-order chi connectivity index (χ1) is 15.0. The highest BCUT2D eigenvalue weighted by molar-refractivity contribution is 5.95. The summed E-state index contributed by atoms with van der Waals surface area (Å²) >= 11 is 0. The first-order valence-electron chi connectivity index (χ1n) is 10.3. The molecule has 1 saturated heterocycles. The minimum atomic E-state index is -0.471. The van der Waals surface area contributed by atoms with Crippen LogP contribution in [0.5, 0.6) is 0 Å². The highest BCUT2D eigenvalue weighted by Gasteiger charge is 2.33. The van der Waals surface area contributed by atoms with E-state index in [4.69, 9.17) is 10.7 Å². The van der Waals surface area contributed by atoms with Gasteiger partial charge in [0.1, 0.15) is 0 Å². The average molecular weight is 415 g/mol. The Morgan fingerprint density at radius 2 is 1.74 bits per heavy atom. The second kappa shape index (κ2) is 8.55. The monoisotopic (exact) mass is 415 g/mol. The normalized spacial score (nSPS) is 15.7. The van der Waals surface area contributed by atoms with Gasteiger partial charge < -0.3 is 15.5 Å². The molecular weight excluding hydrogens is 390 g/mol. The van der Waals surface area contributed by atoms with Crippen molar-refractivity contribution in [3.63, 3.8) is 0 Å². The lowest BCUT2D eigenvalue weighted by Gasteiger charge is -2.27. The molecule has 1 aliphatic heterocycles. The zero-order valence-electron chi connectivity index (χ0n) is 17.7. The second-order valence-corrected chi connectivity index (χ2v) is 7.83. The Bertz CT molecular complexity index is 1100. The summed E-state index contributed by atoms with van der Waals surface area (Å²) in [5, 5.41) is 0. The Kier molecular flexibility index (Phi) is 5.66. The number of anilines is 1. The molecule has 158 valence electrons. The molecule has 1 aliphatic rings. The van der Waals surface area contributed by atoms with Crippen molar-refractivity contribution in [2.45, 2.75) is 18.9 Å². The molecule has 31 heavy (non-hydrogen) atoms. The molecule has 7 nitrogen and oxygen atoms in total. The van der Waals surface area contributed by atoms with Gasteiger partial charge in [0.15, 0.2) is 0 Å². The van der Waals surface area contributed by atoms with Crippen molar-refractivity contribution in [1.82, 2.24) is 14.9 Å². The molecule has 1 aromatic heterocycles. The number of aromatic nitrogens is 2. The van der Waals surface area contributed by atoms with Crippen LogP contribution in [0.15, 0.2) is 60.8 Å². The van der Waals surface area contributed by atoms with Crippen molar-refractivity contribution in [2.75, 3.05) is 25.5 Å². The van der Waals surface area contributed by atoms with Crippen LogP contribution in [0.25, 0.3) is 11.1 Å². The Labute approximate surface area is 181 Å². The van der Waals surface area contributed by atoms with E-state index in [9.17, 15) is 9.59 Å².